The first-order valence-electron chi connectivity index (χ1n) is 5.37. The normalized spacial score (nSPS) is 12.7. The van der Waals surface area contributed by atoms with Gasteiger partial charge in [-0.25, -0.2) is 4.98 Å². The molecule has 0 bridgehead atoms. The monoisotopic (exact) mass is 200 g/mol. The summed E-state index contributed by atoms with van der Waals surface area (Å²) in [5.74, 6) is 1.07. The van der Waals surface area contributed by atoms with E-state index in [1.807, 2.05) is 13.1 Å². The topological polar surface area (TPSA) is 17.8 Å². The predicted octanol–water partition coefficient (Wildman–Crippen LogP) is 3.19. The van der Waals surface area contributed by atoms with Gasteiger partial charge in [-0.1, -0.05) is 37.3 Å². The molecular formula is C13H16N2. The van der Waals surface area contributed by atoms with E-state index in [1.165, 1.54) is 5.56 Å². The first-order chi connectivity index (χ1) is 7.33. The molecule has 15 heavy (non-hydrogen) atoms. The van der Waals surface area contributed by atoms with E-state index in [-0.39, 0.29) is 0 Å². The molecule has 1 unspecified atom stereocenters. The van der Waals surface area contributed by atoms with Gasteiger partial charge in [-0.15, -0.1) is 0 Å². The van der Waals surface area contributed by atoms with Crippen LogP contribution in [0.3, 0.4) is 0 Å². The van der Waals surface area contributed by atoms with Crippen molar-refractivity contribution >= 4 is 0 Å². The third-order valence-corrected chi connectivity index (χ3v) is 2.77. The summed E-state index contributed by atoms with van der Waals surface area (Å²) in [7, 11) is 0. The largest absolute Gasteiger partial charge is 0.328 e. The smallest absolute Gasteiger partial charge is 0.106 e. The van der Waals surface area contributed by atoms with Crippen LogP contribution >= 0.6 is 0 Å². The van der Waals surface area contributed by atoms with E-state index in [9.17, 15) is 0 Å². The van der Waals surface area contributed by atoms with Gasteiger partial charge in [0, 0.05) is 12.4 Å². The fraction of sp³-hybridized carbons (Fsp3) is 0.308. The molecule has 0 aliphatic rings. The molecule has 0 fully saturated rings. The predicted molar refractivity (Wildman–Crippen MR) is 61.8 cm³/mol. The summed E-state index contributed by atoms with van der Waals surface area (Å²) in [4.78, 5) is 4.27. The summed E-state index contributed by atoms with van der Waals surface area (Å²) >= 11 is 0. The van der Waals surface area contributed by atoms with Crippen LogP contribution in [0, 0.1) is 6.92 Å². The Morgan fingerprint density at radius 3 is 2.53 bits per heavy atom. The molecule has 0 aliphatic heterocycles. The maximum Gasteiger partial charge on any atom is 0.106 e. The van der Waals surface area contributed by atoms with Crippen LogP contribution in [0.15, 0.2) is 42.7 Å². The maximum absolute atomic E-state index is 4.27. The minimum absolute atomic E-state index is 0.411. The van der Waals surface area contributed by atoms with E-state index in [4.69, 9.17) is 0 Å². The third kappa shape index (κ3) is 1.94. The molecular weight excluding hydrogens is 184 g/mol. The van der Waals surface area contributed by atoms with Gasteiger partial charge in [0.2, 0.25) is 0 Å². The molecule has 0 saturated heterocycles. The first-order valence-corrected chi connectivity index (χ1v) is 5.37. The highest BCUT2D eigenvalue weighted by molar-refractivity contribution is 5.20. The van der Waals surface area contributed by atoms with Gasteiger partial charge in [0.15, 0.2) is 0 Å². The molecule has 1 heterocycles. The minimum atomic E-state index is 0.411. The summed E-state index contributed by atoms with van der Waals surface area (Å²) in [6, 6.07) is 11.0. The molecule has 0 aliphatic carbocycles. The molecule has 0 saturated carbocycles. The van der Waals surface area contributed by atoms with Crippen LogP contribution in [-0.2, 0) is 0 Å². The standard InChI is InChI=1S/C13H16N2/c1-3-13(12-7-5-4-6-8-12)15-10-9-14-11(15)2/h4-10,13H,3H2,1-2H3. The van der Waals surface area contributed by atoms with Crippen molar-refractivity contribution in [2.24, 2.45) is 0 Å². The summed E-state index contributed by atoms with van der Waals surface area (Å²) in [5.41, 5.74) is 1.35. The number of imidazole rings is 1. The Morgan fingerprint density at radius 1 is 1.27 bits per heavy atom. The average molecular weight is 200 g/mol. The fourth-order valence-corrected chi connectivity index (χ4v) is 1.99. The first kappa shape index (κ1) is 9.97. The van der Waals surface area contributed by atoms with Gasteiger partial charge in [-0.3, -0.25) is 0 Å². The summed E-state index contributed by atoms with van der Waals surface area (Å²) in [6.07, 6.45) is 5.00. The molecule has 1 aromatic carbocycles. The van der Waals surface area contributed by atoms with Gasteiger partial charge in [0.1, 0.15) is 5.82 Å². The van der Waals surface area contributed by atoms with Crippen LogP contribution in [-0.4, -0.2) is 9.55 Å². The Kier molecular flexibility index (Phi) is 2.86. The molecule has 0 radical (unpaired) electrons. The van der Waals surface area contributed by atoms with Crippen molar-refractivity contribution in [3.63, 3.8) is 0 Å². The number of nitrogens with zero attached hydrogens (tertiary/aromatic N) is 2. The maximum atomic E-state index is 4.27. The number of hydrogen-bond donors (Lipinski definition) is 0. The summed E-state index contributed by atoms with van der Waals surface area (Å²) < 4.78 is 2.23. The highest BCUT2D eigenvalue weighted by Gasteiger charge is 2.11. The molecule has 0 N–H and O–H groups in total. The van der Waals surface area contributed by atoms with Crippen LogP contribution in [0.4, 0.5) is 0 Å². The zero-order valence-electron chi connectivity index (χ0n) is 9.22. The molecule has 2 nitrogen and oxygen atoms in total. The van der Waals surface area contributed by atoms with Crippen LogP contribution in [0.25, 0.3) is 0 Å². The van der Waals surface area contributed by atoms with Crippen LogP contribution in [0.2, 0.25) is 0 Å². The zero-order chi connectivity index (χ0) is 10.7. The van der Waals surface area contributed by atoms with Crippen LogP contribution in [0.1, 0.15) is 30.8 Å². The number of aryl methyl sites for hydroxylation is 1. The lowest BCUT2D eigenvalue weighted by Gasteiger charge is -2.18. The fourth-order valence-electron chi connectivity index (χ4n) is 1.99. The van der Waals surface area contributed by atoms with Crippen molar-refractivity contribution < 1.29 is 0 Å². The SMILES string of the molecule is CCC(c1ccccc1)n1ccnc1C. The van der Waals surface area contributed by atoms with Gasteiger partial charge in [-0.05, 0) is 18.9 Å². The lowest BCUT2D eigenvalue weighted by atomic mass is 10.0. The van der Waals surface area contributed by atoms with Gasteiger partial charge in [-0.2, -0.15) is 0 Å². The average Bonchev–Trinajstić information content (AvgIpc) is 2.68. The van der Waals surface area contributed by atoms with E-state index >= 15 is 0 Å². The molecule has 2 rings (SSSR count). The number of aromatic nitrogens is 2. The second-order valence-corrected chi connectivity index (χ2v) is 3.72. The van der Waals surface area contributed by atoms with Gasteiger partial charge in [0.05, 0.1) is 6.04 Å². The van der Waals surface area contributed by atoms with E-state index in [1.54, 1.807) is 0 Å². The number of benzene rings is 1. The summed E-state index contributed by atoms with van der Waals surface area (Å²) in [6.45, 7) is 4.25. The van der Waals surface area contributed by atoms with Gasteiger partial charge >= 0.3 is 0 Å². The molecule has 78 valence electrons. The molecule has 2 aromatic rings. The van der Waals surface area contributed by atoms with E-state index < -0.39 is 0 Å². The number of hydrogen-bond acceptors (Lipinski definition) is 1. The second kappa shape index (κ2) is 4.30. The Hall–Kier alpha value is -1.57. The van der Waals surface area contributed by atoms with Crippen molar-refractivity contribution in [1.29, 1.82) is 0 Å². The molecule has 1 atom stereocenters. The van der Waals surface area contributed by atoms with E-state index in [0.717, 1.165) is 12.2 Å². The highest BCUT2D eigenvalue weighted by atomic mass is 15.1. The Bertz CT molecular complexity index is 417. The van der Waals surface area contributed by atoms with Crippen LogP contribution < -0.4 is 0 Å². The quantitative estimate of drug-likeness (QED) is 0.744. The van der Waals surface area contributed by atoms with Crippen LogP contribution in [0.5, 0.6) is 0 Å². The minimum Gasteiger partial charge on any atom is -0.328 e. The second-order valence-electron chi connectivity index (χ2n) is 3.72. The van der Waals surface area contributed by atoms with Crippen molar-refractivity contribution in [1.82, 2.24) is 9.55 Å². The lowest BCUT2D eigenvalue weighted by molar-refractivity contribution is 0.552. The molecule has 2 heteroatoms. The molecule has 0 spiro atoms. The van der Waals surface area contributed by atoms with Gasteiger partial charge in [0.25, 0.3) is 0 Å². The van der Waals surface area contributed by atoms with Crippen molar-refractivity contribution in [2.45, 2.75) is 26.3 Å². The Labute approximate surface area is 90.6 Å². The molecule has 1 aromatic heterocycles. The van der Waals surface area contributed by atoms with E-state index in [2.05, 4.69) is 53.0 Å². The Balaban J connectivity index is 2.37. The zero-order valence-corrected chi connectivity index (χ0v) is 9.22. The lowest BCUT2D eigenvalue weighted by Crippen LogP contribution is -2.10. The highest BCUT2D eigenvalue weighted by Crippen LogP contribution is 2.22. The van der Waals surface area contributed by atoms with E-state index in [0.29, 0.717) is 6.04 Å². The Morgan fingerprint density at radius 2 is 2.00 bits per heavy atom. The number of rotatable bonds is 3. The molecule has 0 amide bonds. The van der Waals surface area contributed by atoms with Crippen molar-refractivity contribution in [3.05, 3.63) is 54.1 Å². The van der Waals surface area contributed by atoms with Crippen molar-refractivity contribution in [3.8, 4) is 0 Å². The van der Waals surface area contributed by atoms with Crippen molar-refractivity contribution in [2.75, 3.05) is 0 Å². The van der Waals surface area contributed by atoms with Gasteiger partial charge < -0.3 is 4.57 Å². The third-order valence-electron chi connectivity index (χ3n) is 2.77. The summed E-state index contributed by atoms with van der Waals surface area (Å²) in [5, 5.41) is 0.